The molecule has 32 heavy (non-hydrogen) atoms. The standard InChI is InChI=1S/C24H25N5O3/c1-4-32-19-11-9-18(10-12-19)27-13-14-28-20-21(25-23(27)28)26(3)24(31)29(22(20)30)15-17-8-6-5-7-16(17)2/h5-12H,4,13-15H2,1-3H3. The highest BCUT2D eigenvalue weighted by atomic mass is 16.5. The predicted molar refractivity (Wildman–Crippen MR) is 124 cm³/mol. The molecule has 0 fully saturated rings. The van der Waals surface area contributed by atoms with E-state index in [0.717, 1.165) is 22.6 Å². The largest absolute Gasteiger partial charge is 0.494 e. The summed E-state index contributed by atoms with van der Waals surface area (Å²) < 4.78 is 10.2. The first-order valence-corrected chi connectivity index (χ1v) is 10.7. The fraction of sp³-hybridized carbons (Fsp3) is 0.292. The molecule has 8 heteroatoms. The minimum absolute atomic E-state index is 0.233. The van der Waals surface area contributed by atoms with Crippen LogP contribution in [0.25, 0.3) is 11.2 Å². The monoisotopic (exact) mass is 431 g/mol. The van der Waals surface area contributed by atoms with Crippen LogP contribution in [0.4, 0.5) is 11.6 Å². The molecule has 0 spiro atoms. The molecule has 0 bridgehead atoms. The molecule has 0 amide bonds. The van der Waals surface area contributed by atoms with Gasteiger partial charge in [-0.05, 0) is 49.2 Å². The Labute approximate surface area is 184 Å². The van der Waals surface area contributed by atoms with Gasteiger partial charge < -0.3 is 14.2 Å². The number of hydrogen-bond acceptors (Lipinski definition) is 5. The van der Waals surface area contributed by atoms with Crippen molar-refractivity contribution in [2.75, 3.05) is 18.1 Å². The van der Waals surface area contributed by atoms with Crippen LogP contribution in [0.15, 0.2) is 58.1 Å². The molecule has 0 saturated carbocycles. The van der Waals surface area contributed by atoms with Gasteiger partial charge in [0.1, 0.15) is 5.75 Å². The SMILES string of the molecule is CCOc1ccc(N2CCn3c2nc2c3c(=O)n(Cc3ccccc3C)c(=O)n2C)cc1. The molecule has 4 aromatic rings. The average molecular weight is 431 g/mol. The van der Waals surface area contributed by atoms with Gasteiger partial charge in [0, 0.05) is 25.8 Å². The third-order valence-corrected chi connectivity index (χ3v) is 6.05. The summed E-state index contributed by atoms with van der Waals surface area (Å²) in [6.07, 6.45) is 0. The van der Waals surface area contributed by atoms with Crippen molar-refractivity contribution >= 4 is 22.8 Å². The molecule has 1 aliphatic heterocycles. The Kier molecular flexibility index (Phi) is 4.84. The van der Waals surface area contributed by atoms with Crippen LogP contribution in [0.3, 0.4) is 0 Å². The van der Waals surface area contributed by atoms with Crippen molar-refractivity contribution < 1.29 is 4.74 Å². The molecular formula is C24H25N5O3. The Hall–Kier alpha value is -3.81. The maximum atomic E-state index is 13.5. The number of aromatic nitrogens is 4. The lowest BCUT2D eigenvalue weighted by molar-refractivity contribution is 0.340. The molecule has 0 aliphatic carbocycles. The maximum absolute atomic E-state index is 13.5. The van der Waals surface area contributed by atoms with Crippen LogP contribution in [0, 0.1) is 6.92 Å². The third kappa shape index (κ3) is 3.10. The fourth-order valence-electron chi connectivity index (χ4n) is 4.31. The van der Waals surface area contributed by atoms with Gasteiger partial charge in [-0.3, -0.25) is 13.9 Å². The van der Waals surface area contributed by atoms with Gasteiger partial charge in [0.15, 0.2) is 11.2 Å². The van der Waals surface area contributed by atoms with Crippen molar-refractivity contribution in [2.45, 2.75) is 26.9 Å². The lowest BCUT2D eigenvalue weighted by Crippen LogP contribution is -2.40. The molecule has 164 valence electrons. The van der Waals surface area contributed by atoms with Gasteiger partial charge in [-0.2, -0.15) is 4.98 Å². The summed E-state index contributed by atoms with van der Waals surface area (Å²) in [6, 6.07) is 15.6. The zero-order valence-corrected chi connectivity index (χ0v) is 18.4. The zero-order valence-electron chi connectivity index (χ0n) is 18.4. The minimum atomic E-state index is -0.366. The first kappa shape index (κ1) is 20.1. The molecule has 8 nitrogen and oxygen atoms in total. The molecule has 3 heterocycles. The highest BCUT2D eigenvalue weighted by Gasteiger charge is 2.28. The summed E-state index contributed by atoms with van der Waals surface area (Å²) in [7, 11) is 1.67. The van der Waals surface area contributed by atoms with E-state index in [2.05, 4.69) is 4.90 Å². The fourth-order valence-corrected chi connectivity index (χ4v) is 4.31. The van der Waals surface area contributed by atoms with E-state index >= 15 is 0 Å². The molecule has 1 aliphatic rings. The van der Waals surface area contributed by atoms with Gasteiger partial charge >= 0.3 is 5.69 Å². The lowest BCUT2D eigenvalue weighted by Gasteiger charge is -2.16. The van der Waals surface area contributed by atoms with Crippen LogP contribution in [0.1, 0.15) is 18.1 Å². The second-order valence-electron chi connectivity index (χ2n) is 7.97. The Balaban J connectivity index is 1.62. The smallest absolute Gasteiger partial charge is 0.332 e. The van der Waals surface area contributed by atoms with Crippen LogP contribution >= 0.6 is 0 Å². The number of fused-ring (bicyclic) bond motifs is 3. The summed E-state index contributed by atoms with van der Waals surface area (Å²) in [5, 5.41) is 0. The zero-order chi connectivity index (χ0) is 22.4. The average Bonchev–Trinajstić information content (AvgIpc) is 3.37. The van der Waals surface area contributed by atoms with E-state index in [-0.39, 0.29) is 17.8 Å². The predicted octanol–water partition coefficient (Wildman–Crippen LogP) is 2.80. The number of ether oxygens (including phenoxy) is 1. The first-order valence-electron chi connectivity index (χ1n) is 10.7. The van der Waals surface area contributed by atoms with Gasteiger partial charge in [-0.25, -0.2) is 4.79 Å². The van der Waals surface area contributed by atoms with Crippen LogP contribution in [0.2, 0.25) is 0 Å². The Bertz CT molecular complexity index is 1430. The number of hydrogen-bond donors (Lipinski definition) is 0. The minimum Gasteiger partial charge on any atom is -0.494 e. The summed E-state index contributed by atoms with van der Waals surface area (Å²) >= 11 is 0. The molecule has 2 aromatic heterocycles. The number of imidazole rings is 1. The highest BCUT2D eigenvalue weighted by molar-refractivity contribution is 5.77. The summed E-state index contributed by atoms with van der Waals surface area (Å²) in [5.41, 5.74) is 3.15. The maximum Gasteiger partial charge on any atom is 0.332 e. The Morgan fingerprint density at radius 1 is 1.03 bits per heavy atom. The van der Waals surface area contributed by atoms with Crippen LogP contribution in [0.5, 0.6) is 5.75 Å². The number of anilines is 2. The van der Waals surface area contributed by atoms with Crippen molar-refractivity contribution in [1.82, 2.24) is 18.7 Å². The first-order chi connectivity index (χ1) is 15.5. The molecule has 0 saturated heterocycles. The summed E-state index contributed by atoms with van der Waals surface area (Å²) in [5.74, 6) is 1.48. The summed E-state index contributed by atoms with van der Waals surface area (Å²) in [4.78, 5) is 33.3. The second kappa shape index (κ2) is 7.71. The van der Waals surface area contributed by atoms with Crippen molar-refractivity contribution in [2.24, 2.45) is 7.05 Å². The molecule has 5 rings (SSSR count). The number of benzene rings is 2. The van der Waals surface area contributed by atoms with Gasteiger partial charge in [0.2, 0.25) is 5.95 Å². The Morgan fingerprint density at radius 3 is 2.50 bits per heavy atom. The van der Waals surface area contributed by atoms with E-state index in [0.29, 0.717) is 36.8 Å². The van der Waals surface area contributed by atoms with Gasteiger partial charge in [0.05, 0.1) is 13.2 Å². The summed E-state index contributed by atoms with van der Waals surface area (Å²) in [6.45, 7) is 6.10. The number of rotatable bonds is 5. The number of nitrogens with zero attached hydrogens (tertiary/aromatic N) is 5. The highest BCUT2D eigenvalue weighted by Crippen LogP contribution is 2.32. The molecule has 0 unspecified atom stereocenters. The normalized spacial score (nSPS) is 13.0. The van der Waals surface area contributed by atoms with E-state index in [1.807, 2.05) is 66.9 Å². The molecule has 0 N–H and O–H groups in total. The molecular weight excluding hydrogens is 406 g/mol. The van der Waals surface area contributed by atoms with Gasteiger partial charge in [-0.15, -0.1) is 0 Å². The van der Waals surface area contributed by atoms with Crippen LogP contribution in [-0.4, -0.2) is 31.8 Å². The lowest BCUT2D eigenvalue weighted by atomic mass is 10.1. The van der Waals surface area contributed by atoms with Crippen LogP contribution in [-0.2, 0) is 20.1 Å². The molecule has 2 aromatic carbocycles. The quantitative estimate of drug-likeness (QED) is 0.486. The van der Waals surface area contributed by atoms with Crippen LogP contribution < -0.4 is 20.9 Å². The van der Waals surface area contributed by atoms with E-state index in [1.54, 1.807) is 7.05 Å². The topological polar surface area (TPSA) is 74.3 Å². The van der Waals surface area contributed by atoms with E-state index in [1.165, 1.54) is 9.13 Å². The van der Waals surface area contributed by atoms with E-state index in [4.69, 9.17) is 9.72 Å². The van der Waals surface area contributed by atoms with Crippen molar-refractivity contribution in [3.8, 4) is 5.75 Å². The van der Waals surface area contributed by atoms with Gasteiger partial charge in [0.25, 0.3) is 5.56 Å². The number of aryl methyl sites for hydroxylation is 2. The van der Waals surface area contributed by atoms with E-state index in [9.17, 15) is 9.59 Å². The third-order valence-electron chi connectivity index (χ3n) is 6.05. The van der Waals surface area contributed by atoms with Crippen molar-refractivity contribution in [1.29, 1.82) is 0 Å². The Morgan fingerprint density at radius 2 is 1.78 bits per heavy atom. The molecule has 0 atom stereocenters. The second-order valence-corrected chi connectivity index (χ2v) is 7.97. The van der Waals surface area contributed by atoms with Crippen molar-refractivity contribution in [3.63, 3.8) is 0 Å². The van der Waals surface area contributed by atoms with E-state index < -0.39 is 0 Å². The van der Waals surface area contributed by atoms with Crippen molar-refractivity contribution in [3.05, 3.63) is 80.5 Å². The molecule has 0 radical (unpaired) electrons. The van der Waals surface area contributed by atoms with Gasteiger partial charge in [-0.1, -0.05) is 24.3 Å².